The molecular weight excluding hydrogens is 439 g/mol. The fourth-order valence-electron chi connectivity index (χ4n) is 4.00. The molecule has 2 aliphatic rings. The first kappa shape index (κ1) is 21.5. The number of aliphatic imine (C=N–C) groups is 1. The number of rotatable bonds is 1. The average Bonchev–Trinajstić information content (AvgIpc) is 2.86. The lowest BCUT2D eigenvalue weighted by Gasteiger charge is -2.38. The molecule has 2 aliphatic heterocycles. The quantitative estimate of drug-likeness (QED) is 0.562. The van der Waals surface area contributed by atoms with Crippen LogP contribution in [0, 0.1) is 17.7 Å². The number of benzene rings is 2. The molecule has 0 bridgehead atoms. The van der Waals surface area contributed by atoms with Crippen molar-refractivity contribution in [2.45, 2.75) is 47.8 Å². The van der Waals surface area contributed by atoms with Gasteiger partial charge >= 0.3 is 0 Å². The van der Waals surface area contributed by atoms with Gasteiger partial charge in [-0.05, 0) is 58.0 Å². The highest BCUT2D eigenvalue weighted by molar-refractivity contribution is 7.93. The van der Waals surface area contributed by atoms with Crippen LogP contribution in [0.1, 0.15) is 38.8 Å². The Morgan fingerprint density at radius 2 is 1.68 bits per heavy atom. The van der Waals surface area contributed by atoms with Crippen LogP contribution in [0.25, 0.3) is 11.1 Å². The minimum absolute atomic E-state index is 0.0247. The summed E-state index contributed by atoms with van der Waals surface area (Å²) < 4.78 is 65.5. The molecule has 0 spiro atoms. The minimum atomic E-state index is -3.91. The van der Waals surface area contributed by atoms with E-state index in [0.717, 1.165) is 6.07 Å². The fourth-order valence-corrected chi connectivity index (χ4v) is 7.34. The number of nitrogens with two attached hydrogens (primary N) is 1. The Balaban J connectivity index is 2.00. The molecule has 162 valence electrons. The first-order chi connectivity index (χ1) is 14.2. The Labute approximate surface area is 181 Å². The summed E-state index contributed by atoms with van der Waals surface area (Å²) in [7, 11) is -7.66. The van der Waals surface area contributed by atoms with Gasteiger partial charge in [0.15, 0.2) is 9.84 Å². The van der Waals surface area contributed by atoms with Gasteiger partial charge in [-0.15, -0.1) is 5.92 Å². The highest BCUT2D eigenvalue weighted by atomic mass is 32.2. The van der Waals surface area contributed by atoms with E-state index >= 15 is 4.39 Å². The molecule has 0 aliphatic carbocycles. The maximum atomic E-state index is 15.2. The smallest absolute Gasteiger partial charge is 0.207 e. The van der Waals surface area contributed by atoms with Crippen molar-refractivity contribution in [3.63, 3.8) is 0 Å². The number of fused-ring (bicyclic) bond motifs is 3. The van der Waals surface area contributed by atoms with E-state index in [1.165, 1.54) is 32.9 Å². The Kier molecular flexibility index (Phi) is 4.45. The van der Waals surface area contributed by atoms with Crippen molar-refractivity contribution in [3.8, 4) is 23.0 Å². The van der Waals surface area contributed by atoms with Crippen LogP contribution in [-0.4, -0.2) is 33.2 Å². The second-order valence-corrected chi connectivity index (χ2v) is 12.9. The van der Waals surface area contributed by atoms with Crippen molar-refractivity contribution in [1.29, 1.82) is 0 Å². The maximum Gasteiger partial charge on any atom is 0.207 e. The number of sulfone groups is 2. The van der Waals surface area contributed by atoms with Crippen molar-refractivity contribution in [1.82, 2.24) is 0 Å². The number of hydrogen-bond donors (Lipinski definition) is 1. The Bertz CT molecular complexity index is 1460. The van der Waals surface area contributed by atoms with E-state index in [1.54, 1.807) is 19.1 Å². The Morgan fingerprint density at radius 1 is 1.03 bits per heavy atom. The number of halogens is 1. The van der Waals surface area contributed by atoms with E-state index < -0.39 is 41.5 Å². The predicted molar refractivity (Wildman–Crippen MR) is 117 cm³/mol. The number of nitrogens with zero attached hydrogens (tertiary/aromatic N) is 1. The van der Waals surface area contributed by atoms with Gasteiger partial charge in [0.25, 0.3) is 0 Å². The molecule has 0 fully saturated rings. The van der Waals surface area contributed by atoms with Crippen LogP contribution < -0.4 is 5.73 Å². The molecule has 9 heteroatoms. The molecule has 0 radical (unpaired) electrons. The predicted octanol–water partition coefficient (Wildman–Crippen LogP) is 2.79. The number of amidine groups is 1. The normalized spacial score (nSPS) is 24.4. The van der Waals surface area contributed by atoms with Gasteiger partial charge in [0.2, 0.25) is 9.84 Å². The van der Waals surface area contributed by atoms with E-state index in [4.69, 9.17) is 5.73 Å². The van der Waals surface area contributed by atoms with E-state index in [1.807, 2.05) is 0 Å². The molecule has 1 atom stereocenters. The summed E-state index contributed by atoms with van der Waals surface area (Å²) in [4.78, 5) is 4.26. The van der Waals surface area contributed by atoms with Crippen molar-refractivity contribution in [2.75, 3.05) is 5.75 Å². The Morgan fingerprint density at radius 3 is 2.29 bits per heavy atom. The van der Waals surface area contributed by atoms with Crippen LogP contribution in [0.15, 0.2) is 45.1 Å². The van der Waals surface area contributed by atoms with E-state index in [2.05, 4.69) is 16.8 Å². The van der Waals surface area contributed by atoms with Crippen LogP contribution in [-0.2, 0) is 25.2 Å². The van der Waals surface area contributed by atoms with E-state index in [-0.39, 0.29) is 21.2 Å². The van der Waals surface area contributed by atoms with Gasteiger partial charge in [-0.25, -0.2) is 21.2 Å². The number of hydrogen-bond acceptors (Lipinski definition) is 6. The van der Waals surface area contributed by atoms with Crippen LogP contribution >= 0.6 is 0 Å². The third-order valence-corrected chi connectivity index (χ3v) is 10.6. The second-order valence-electron chi connectivity index (χ2n) is 8.46. The zero-order chi connectivity index (χ0) is 23.0. The minimum Gasteiger partial charge on any atom is -0.386 e. The van der Waals surface area contributed by atoms with Crippen LogP contribution in [0.2, 0.25) is 0 Å². The summed E-state index contributed by atoms with van der Waals surface area (Å²) in [5.74, 6) is 4.22. The van der Waals surface area contributed by atoms with Gasteiger partial charge in [-0.1, -0.05) is 5.92 Å². The standard InChI is InChI=1S/C22H21FN2O4S2/c1-5-6-13-7-8-18-14(9-13)15-10-16(17(23)11-19(15)31(18,28)29)22(4)12-30(26,27)21(2,3)20(24)25-22/h7-11H,12H2,1-4H3,(H2,24,25)/t22-/m0/s1. The first-order valence-electron chi connectivity index (χ1n) is 9.49. The zero-order valence-electron chi connectivity index (χ0n) is 17.4. The highest BCUT2D eigenvalue weighted by Gasteiger charge is 2.50. The molecule has 0 unspecified atom stereocenters. The van der Waals surface area contributed by atoms with Gasteiger partial charge in [-0.3, -0.25) is 4.99 Å². The molecular formula is C22H21FN2O4S2. The van der Waals surface area contributed by atoms with Crippen molar-refractivity contribution >= 4 is 25.5 Å². The van der Waals surface area contributed by atoms with Gasteiger partial charge in [0.05, 0.1) is 15.5 Å². The third kappa shape index (κ3) is 2.92. The molecule has 0 saturated carbocycles. The fraction of sp³-hybridized carbons (Fsp3) is 0.318. The van der Waals surface area contributed by atoms with Gasteiger partial charge in [0, 0.05) is 22.3 Å². The first-order valence-corrected chi connectivity index (χ1v) is 12.6. The lowest BCUT2D eigenvalue weighted by Crippen LogP contribution is -2.55. The van der Waals surface area contributed by atoms with Crippen LogP contribution in [0.4, 0.5) is 4.39 Å². The highest BCUT2D eigenvalue weighted by Crippen LogP contribution is 2.47. The van der Waals surface area contributed by atoms with E-state index in [9.17, 15) is 16.8 Å². The summed E-state index contributed by atoms with van der Waals surface area (Å²) in [6.45, 7) is 6.07. The van der Waals surface area contributed by atoms with Crippen molar-refractivity contribution in [3.05, 3.63) is 47.3 Å². The van der Waals surface area contributed by atoms with Crippen LogP contribution in [0.5, 0.6) is 0 Å². The average molecular weight is 461 g/mol. The lowest BCUT2D eigenvalue weighted by molar-refractivity contribution is 0.474. The molecule has 0 saturated heterocycles. The topological polar surface area (TPSA) is 107 Å². The Hall–Kier alpha value is -2.70. The molecule has 2 N–H and O–H groups in total. The largest absolute Gasteiger partial charge is 0.386 e. The monoisotopic (exact) mass is 460 g/mol. The summed E-state index contributed by atoms with van der Waals surface area (Å²) >= 11 is 0. The summed E-state index contributed by atoms with van der Waals surface area (Å²) in [6.07, 6.45) is 0. The molecule has 2 aromatic carbocycles. The van der Waals surface area contributed by atoms with Gasteiger partial charge in [0.1, 0.15) is 21.9 Å². The zero-order valence-corrected chi connectivity index (χ0v) is 19.1. The van der Waals surface area contributed by atoms with Crippen molar-refractivity contribution < 1.29 is 21.2 Å². The molecule has 0 amide bonds. The SMILES string of the molecule is CC#Cc1ccc2c(c1)-c1cc([C@]3(C)CS(=O)(=O)C(C)(C)C(N)=N3)c(F)cc1S2(=O)=O. The van der Waals surface area contributed by atoms with Gasteiger partial charge < -0.3 is 5.73 Å². The molecule has 6 nitrogen and oxygen atoms in total. The van der Waals surface area contributed by atoms with E-state index in [0.29, 0.717) is 16.7 Å². The molecule has 2 heterocycles. The maximum absolute atomic E-state index is 15.2. The lowest BCUT2D eigenvalue weighted by atomic mass is 9.90. The molecule has 0 aromatic heterocycles. The third-order valence-electron chi connectivity index (χ3n) is 6.00. The summed E-state index contributed by atoms with van der Waals surface area (Å²) in [6, 6.07) is 7.00. The van der Waals surface area contributed by atoms with Gasteiger partial charge in [-0.2, -0.15) is 0 Å². The molecule has 4 rings (SSSR count). The molecule has 2 aromatic rings. The molecule has 31 heavy (non-hydrogen) atoms. The summed E-state index contributed by atoms with van der Waals surface area (Å²) in [5, 5.41) is 0. The second kappa shape index (κ2) is 6.40. The summed E-state index contributed by atoms with van der Waals surface area (Å²) in [5.41, 5.74) is 5.76. The van der Waals surface area contributed by atoms with Crippen LogP contribution in [0.3, 0.4) is 0 Å². The van der Waals surface area contributed by atoms with Crippen molar-refractivity contribution in [2.24, 2.45) is 10.7 Å².